The van der Waals surface area contributed by atoms with Crippen LogP contribution in [0.5, 0.6) is 0 Å². The van der Waals surface area contributed by atoms with Crippen LogP contribution in [-0.2, 0) is 14.4 Å². The summed E-state index contributed by atoms with van der Waals surface area (Å²) in [6.07, 6.45) is 3.50. The summed E-state index contributed by atoms with van der Waals surface area (Å²) in [5.74, 6) is -0.187. The molecule has 0 saturated heterocycles. The van der Waals surface area contributed by atoms with E-state index in [2.05, 4.69) is 0 Å². The zero-order valence-corrected chi connectivity index (χ0v) is 16.3. The van der Waals surface area contributed by atoms with Gasteiger partial charge in [-0.1, -0.05) is 0 Å². The SMILES string of the molecule is CC(=O)/C=C(/C)O.CC(=O)/C=C(/C)O.CC(=O)/C=C(/C)O.O.[Tb]. The first-order valence-corrected chi connectivity index (χ1v) is 6.02. The second kappa shape index (κ2) is 20.9. The molecule has 0 fully saturated rings. The van der Waals surface area contributed by atoms with Crippen LogP contribution >= 0.6 is 0 Å². The third kappa shape index (κ3) is 62.9. The van der Waals surface area contributed by atoms with Gasteiger partial charge in [0.1, 0.15) is 0 Å². The Balaban J connectivity index is -0.0000000675. The number of ketones is 3. The molecule has 0 aromatic rings. The molecular formula is C15H26O7Tb. The van der Waals surface area contributed by atoms with Crippen molar-refractivity contribution in [2.24, 2.45) is 0 Å². The predicted molar refractivity (Wildman–Crippen MR) is 84.8 cm³/mol. The van der Waals surface area contributed by atoms with Crippen LogP contribution in [0.4, 0.5) is 0 Å². The fraction of sp³-hybridized carbons (Fsp3) is 0.400. The van der Waals surface area contributed by atoms with Gasteiger partial charge in [-0.05, 0) is 41.5 Å². The van der Waals surface area contributed by atoms with Gasteiger partial charge in [0.15, 0.2) is 17.3 Å². The number of carbonyl (C=O) groups is 3. The van der Waals surface area contributed by atoms with E-state index in [4.69, 9.17) is 15.3 Å². The van der Waals surface area contributed by atoms with Crippen molar-refractivity contribution in [2.75, 3.05) is 0 Å². The summed E-state index contributed by atoms with van der Waals surface area (Å²) in [6.45, 7) is 8.54. The summed E-state index contributed by atoms with van der Waals surface area (Å²) in [7, 11) is 0. The van der Waals surface area contributed by atoms with Gasteiger partial charge in [0.2, 0.25) is 0 Å². The minimum Gasteiger partial charge on any atom is -0.512 e. The molecule has 23 heavy (non-hydrogen) atoms. The summed E-state index contributed by atoms with van der Waals surface area (Å²) >= 11 is 0. The minimum absolute atomic E-state index is 0. The fourth-order valence-corrected chi connectivity index (χ4v) is 0.882. The van der Waals surface area contributed by atoms with Crippen LogP contribution in [0.15, 0.2) is 35.5 Å². The molecule has 7 nitrogen and oxygen atoms in total. The minimum atomic E-state index is -0.125. The molecule has 0 aliphatic rings. The van der Waals surface area contributed by atoms with Gasteiger partial charge in [0, 0.05) is 56.8 Å². The topological polar surface area (TPSA) is 143 Å². The normalized spacial score (nSPS) is 10.4. The first-order valence-electron chi connectivity index (χ1n) is 6.02. The molecule has 0 heterocycles. The van der Waals surface area contributed by atoms with E-state index < -0.39 is 0 Å². The fourth-order valence-electron chi connectivity index (χ4n) is 0.882. The number of hydrogen-bond acceptors (Lipinski definition) is 6. The van der Waals surface area contributed by atoms with E-state index in [9.17, 15) is 14.4 Å². The maximum atomic E-state index is 10.0. The second-order valence-electron chi connectivity index (χ2n) is 4.19. The maximum absolute atomic E-state index is 10.0. The summed E-state index contributed by atoms with van der Waals surface area (Å²) < 4.78 is 0. The van der Waals surface area contributed by atoms with E-state index in [1.54, 1.807) is 0 Å². The summed E-state index contributed by atoms with van der Waals surface area (Å²) in [5, 5.41) is 25.1. The zero-order valence-electron chi connectivity index (χ0n) is 14.1. The predicted octanol–water partition coefficient (Wildman–Crippen LogP) is 2.29. The summed E-state index contributed by atoms with van der Waals surface area (Å²) in [5.41, 5.74) is 0. The van der Waals surface area contributed by atoms with E-state index in [1.807, 2.05) is 0 Å². The Morgan fingerprint density at radius 1 is 0.565 bits per heavy atom. The standard InChI is InChI=1S/3C5H8O2.H2O.Tb/c3*1-4(6)3-5(2)7;;/h3*3,6H,1-2H3;1H2;/b3*4-3-;;. The van der Waals surface area contributed by atoms with Crippen LogP contribution in [0.2, 0.25) is 0 Å². The number of rotatable bonds is 3. The molecule has 0 unspecified atom stereocenters. The smallest absolute Gasteiger partial charge is 0.155 e. The van der Waals surface area contributed by atoms with Gasteiger partial charge < -0.3 is 20.8 Å². The van der Waals surface area contributed by atoms with Gasteiger partial charge in [-0.2, -0.15) is 0 Å². The number of hydrogen-bond donors (Lipinski definition) is 3. The van der Waals surface area contributed by atoms with Gasteiger partial charge in [-0.15, -0.1) is 0 Å². The molecule has 0 aromatic carbocycles. The van der Waals surface area contributed by atoms with Crippen molar-refractivity contribution in [3.8, 4) is 0 Å². The van der Waals surface area contributed by atoms with Crippen LogP contribution in [0.1, 0.15) is 41.5 Å². The van der Waals surface area contributed by atoms with Gasteiger partial charge in [-0.25, -0.2) is 0 Å². The average molecular weight is 477 g/mol. The van der Waals surface area contributed by atoms with E-state index >= 15 is 0 Å². The van der Waals surface area contributed by atoms with Crippen molar-refractivity contribution in [1.29, 1.82) is 0 Å². The van der Waals surface area contributed by atoms with Crippen molar-refractivity contribution >= 4 is 17.3 Å². The van der Waals surface area contributed by atoms with E-state index in [0.717, 1.165) is 0 Å². The molecule has 0 aliphatic heterocycles. The summed E-state index contributed by atoms with van der Waals surface area (Å²) in [6, 6.07) is 0. The second-order valence-corrected chi connectivity index (χ2v) is 4.19. The Morgan fingerprint density at radius 2 is 0.696 bits per heavy atom. The van der Waals surface area contributed by atoms with E-state index in [1.165, 1.54) is 59.8 Å². The maximum Gasteiger partial charge on any atom is 0.155 e. The molecule has 0 atom stereocenters. The Kier molecular flexibility index (Phi) is 30.4. The Labute approximate surface area is 167 Å². The van der Waals surface area contributed by atoms with Crippen LogP contribution < -0.4 is 0 Å². The molecule has 8 heteroatoms. The molecule has 1 radical (unpaired) electrons. The molecule has 0 aromatic heterocycles. The Morgan fingerprint density at radius 3 is 0.696 bits per heavy atom. The van der Waals surface area contributed by atoms with Crippen LogP contribution in [0.3, 0.4) is 0 Å². The number of allylic oxidation sites excluding steroid dienone is 6. The van der Waals surface area contributed by atoms with Crippen molar-refractivity contribution in [1.82, 2.24) is 0 Å². The third-order valence-corrected chi connectivity index (χ3v) is 1.24. The Hall–Kier alpha value is -1.12. The molecule has 0 saturated carbocycles. The molecule has 0 spiro atoms. The quantitative estimate of drug-likeness (QED) is 0.421. The van der Waals surface area contributed by atoms with Crippen molar-refractivity contribution in [2.45, 2.75) is 41.5 Å². The van der Waals surface area contributed by atoms with Crippen LogP contribution in [0.25, 0.3) is 0 Å². The number of aliphatic hydroxyl groups is 3. The number of carbonyl (C=O) groups excluding carboxylic acids is 3. The molecule has 0 rings (SSSR count). The van der Waals surface area contributed by atoms with E-state index in [0.29, 0.717) is 0 Å². The third-order valence-electron chi connectivity index (χ3n) is 1.24. The van der Waals surface area contributed by atoms with Crippen LogP contribution in [0, 0.1) is 38.6 Å². The first-order chi connectivity index (χ1) is 9.38. The van der Waals surface area contributed by atoms with Crippen molar-refractivity contribution in [3.63, 3.8) is 0 Å². The molecule has 137 valence electrons. The zero-order chi connectivity index (χ0) is 17.6. The van der Waals surface area contributed by atoms with Gasteiger partial charge >= 0.3 is 0 Å². The summed E-state index contributed by atoms with van der Waals surface area (Å²) in [4.78, 5) is 30.1. The van der Waals surface area contributed by atoms with Gasteiger partial charge in [-0.3, -0.25) is 14.4 Å². The molecule has 0 bridgehead atoms. The Bertz CT molecular complexity index is 370. The first kappa shape index (κ1) is 33.5. The number of aliphatic hydroxyl groups excluding tert-OH is 3. The van der Waals surface area contributed by atoms with Gasteiger partial charge in [0.05, 0.1) is 17.3 Å². The molecule has 0 amide bonds. The van der Waals surface area contributed by atoms with Crippen LogP contribution in [-0.4, -0.2) is 38.1 Å². The van der Waals surface area contributed by atoms with E-state index in [-0.39, 0.29) is 78.7 Å². The average Bonchev–Trinajstić information content (AvgIpc) is 2.10. The molecule has 0 aliphatic carbocycles. The molecular weight excluding hydrogens is 451 g/mol. The monoisotopic (exact) mass is 477 g/mol. The van der Waals surface area contributed by atoms with Crippen molar-refractivity contribution < 1.29 is 73.8 Å². The van der Waals surface area contributed by atoms with Gasteiger partial charge in [0.25, 0.3) is 0 Å². The van der Waals surface area contributed by atoms with Crippen molar-refractivity contribution in [3.05, 3.63) is 35.5 Å². The molecule has 5 N–H and O–H groups in total. The largest absolute Gasteiger partial charge is 0.512 e.